The molecule has 0 radical (unpaired) electrons. The monoisotopic (exact) mass is 318 g/mol. The molecule has 0 aliphatic heterocycles. The van der Waals surface area contributed by atoms with Gasteiger partial charge in [-0.2, -0.15) is 0 Å². The lowest BCUT2D eigenvalue weighted by Crippen LogP contribution is -2.16. The van der Waals surface area contributed by atoms with Gasteiger partial charge in [0.2, 0.25) is 0 Å². The molecule has 5 heteroatoms. The van der Waals surface area contributed by atoms with E-state index in [4.69, 9.17) is 11.6 Å². The van der Waals surface area contributed by atoms with Crippen LogP contribution in [-0.2, 0) is 9.53 Å². The smallest absolute Gasteiger partial charge is 0.308 e. The average Bonchev–Trinajstić information content (AvgIpc) is 2.31. The van der Waals surface area contributed by atoms with E-state index in [0.29, 0.717) is 10.6 Å². The molecular weight excluding hydrogens is 307 g/mol. The molecule has 17 heavy (non-hydrogen) atoms. The second kappa shape index (κ2) is 6.17. The third kappa shape index (κ3) is 3.82. The highest BCUT2D eigenvalue weighted by atomic mass is 79.9. The number of benzene rings is 1. The molecule has 0 bridgehead atoms. The van der Waals surface area contributed by atoms with Crippen LogP contribution in [0.5, 0.6) is 0 Å². The molecule has 0 amide bonds. The van der Waals surface area contributed by atoms with Crippen LogP contribution in [0.25, 0.3) is 0 Å². The number of carbonyl (C=O) groups is 2. The van der Waals surface area contributed by atoms with Crippen LogP contribution in [0, 0.1) is 5.92 Å². The number of methoxy groups -OCH3 is 1. The molecule has 1 unspecified atom stereocenters. The van der Waals surface area contributed by atoms with E-state index in [1.807, 2.05) is 0 Å². The molecule has 0 aromatic heterocycles. The number of rotatable bonds is 4. The number of ketones is 1. The maximum atomic E-state index is 11.9. The molecule has 1 atom stereocenters. The molecule has 1 aromatic rings. The molecule has 0 fully saturated rings. The maximum absolute atomic E-state index is 11.9. The number of ether oxygens (including phenoxy) is 1. The van der Waals surface area contributed by atoms with Crippen LogP contribution in [0.3, 0.4) is 0 Å². The highest BCUT2D eigenvalue weighted by molar-refractivity contribution is 9.10. The van der Waals surface area contributed by atoms with E-state index in [-0.39, 0.29) is 18.2 Å². The summed E-state index contributed by atoms with van der Waals surface area (Å²) in [6.45, 7) is 1.66. The van der Waals surface area contributed by atoms with E-state index in [1.165, 1.54) is 7.11 Å². The molecule has 0 heterocycles. The van der Waals surface area contributed by atoms with Crippen LogP contribution >= 0.6 is 27.5 Å². The predicted molar refractivity (Wildman–Crippen MR) is 69.3 cm³/mol. The van der Waals surface area contributed by atoms with Crippen LogP contribution in [0.2, 0.25) is 5.02 Å². The number of hydrogen-bond donors (Lipinski definition) is 0. The molecule has 0 saturated heterocycles. The summed E-state index contributed by atoms with van der Waals surface area (Å²) < 4.78 is 5.30. The molecule has 92 valence electrons. The van der Waals surface area contributed by atoms with Crippen LogP contribution in [0.4, 0.5) is 0 Å². The standard InChI is InChI=1S/C12H12BrClO3/c1-7(12(16)17-2)5-11(15)8-3-4-9(13)10(14)6-8/h3-4,6-7H,5H2,1-2H3. The molecule has 1 aromatic carbocycles. The molecule has 0 aliphatic carbocycles. The van der Waals surface area contributed by atoms with Gasteiger partial charge in [0.15, 0.2) is 5.78 Å². The molecular formula is C12H12BrClO3. The molecule has 3 nitrogen and oxygen atoms in total. The van der Waals surface area contributed by atoms with Crippen LogP contribution in [0.1, 0.15) is 23.7 Å². The topological polar surface area (TPSA) is 43.4 Å². The van der Waals surface area contributed by atoms with Crippen molar-refractivity contribution in [1.29, 1.82) is 0 Å². The van der Waals surface area contributed by atoms with Gasteiger partial charge in [-0.1, -0.05) is 24.6 Å². The Kier molecular flexibility index (Phi) is 5.15. The van der Waals surface area contributed by atoms with Gasteiger partial charge in [0.25, 0.3) is 0 Å². The predicted octanol–water partition coefficient (Wildman–Crippen LogP) is 3.48. The van der Waals surface area contributed by atoms with Crippen molar-refractivity contribution in [1.82, 2.24) is 0 Å². The zero-order chi connectivity index (χ0) is 13.0. The average molecular weight is 320 g/mol. The van der Waals surface area contributed by atoms with E-state index < -0.39 is 5.92 Å². The summed E-state index contributed by atoms with van der Waals surface area (Å²) in [6.07, 6.45) is 0.116. The van der Waals surface area contributed by atoms with Crippen molar-refractivity contribution < 1.29 is 14.3 Å². The van der Waals surface area contributed by atoms with Crippen molar-refractivity contribution in [3.63, 3.8) is 0 Å². The molecule has 0 N–H and O–H groups in total. The minimum absolute atomic E-state index is 0.116. The second-order valence-electron chi connectivity index (χ2n) is 3.68. The second-order valence-corrected chi connectivity index (χ2v) is 4.94. The van der Waals surface area contributed by atoms with Crippen molar-refractivity contribution in [2.75, 3.05) is 7.11 Å². The molecule has 0 spiro atoms. The zero-order valence-electron chi connectivity index (χ0n) is 9.50. The lowest BCUT2D eigenvalue weighted by atomic mass is 10.00. The van der Waals surface area contributed by atoms with E-state index in [9.17, 15) is 9.59 Å². The van der Waals surface area contributed by atoms with Gasteiger partial charge in [0.1, 0.15) is 0 Å². The van der Waals surface area contributed by atoms with Gasteiger partial charge < -0.3 is 4.74 Å². The fourth-order valence-corrected chi connectivity index (χ4v) is 1.78. The van der Waals surface area contributed by atoms with E-state index in [0.717, 1.165) is 4.47 Å². The Hall–Kier alpha value is -0.870. The lowest BCUT2D eigenvalue weighted by Gasteiger charge is -2.08. The fraction of sp³-hybridized carbons (Fsp3) is 0.333. The van der Waals surface area contributed by atoms with Gasteiger partial charge in [0, 0.05) is 16.5 Å². The highest BCUT2D eigenvalue weighted by Crippen LogP contribution is 2.24. The van der Waals surface area contributed by atoms with Gasteiger partial charge in [-0.25, -0.2) is 0 Å². The Bertz CT molecular complexity index is 445. The number of Topliss-reactive ketones (excluding diaryl/α,β-unsaturated/α-hetero) is 1. The fourth-order valence-electron chi connectivity index (χ4n) is 1.35. The van der Waals surface area contributed by atoms with Crippen LogP contribution in [-0.4, -0.2) is 18.9 Å². The first kappa shape index (κ1) is 14.2. The third-order valence-electron chi connectivity index (χ3n) is 2.34. The first-order chi connectivity index (χ1) is 7.95. The van der Waals surface area contributed by atoms with Crippen LogP contribution < -0.4 is 0 Å². The summed E-state index contributed by atoms with van der Waals surface area (Å²) in [5.41, 5.74) is 0.494. The highest BCUT2D eigenvalue weighted by Gasteiger charge is 2.18. The van der Waals surface area contributed by atoms with Gasteiger partial charge in [-0.05, 0) is 28.1 Å². The number of hydrogen-bond acceptors (Lipinski definition) is 3. The Morgan fingerprint density at radius 3 is 2.65 bits per heavy atom. The maximum Gasteiger partial charge on any atom is 0.308 e. The largest absolute Gasteiger partial charge is 0.469 e. The Labute approximate surface area is 113 Å². The summed E-state index contributed by atoms with van der Waals surface area (Å²) in [5.74, 6) is -0.964. The van der Waals surface area contributed by atoms with Crippen molar-refractivity contribution in [3.05, 3.63) is 33.3 Å². The Morgan fingerprint density at radius 2 is 2.12 bits per heavy atom. The lowest BCUT2D eigenvalue weighted by molar-refractivity contribution is -0.144. The van der Waals surface area contributed by atoms with Gasteiger partial charge >= 0.3 is 5.97 Å². The minimum Gasteiger partial charge on any atom is -0.469 e. The summed E-state index contributed by atoms with van der Waals surface area (Å²) in [5, 5.41) is 0.474. The van der Waals surface area contributed by atoms with E-state index in [1.54, 1.807) is 25.1 Å². The first-order valence-corrected chi connectivity index (χ1v) is 6.19. The summed E-state index contributed by atoms with van der Waals surface area (Å²) >= 11 is 9.14. The number of esters is 1. The summed E-state index contributed by atoms with van der Waals surface area (Å²) in [6, 6.07) is 4.96. The first-order valence-electron chi connectivity index (χ1n) is 5.01. The van der Waals surface area contributed by atoms with Crippen molar-refractivity contribution in [2.45, 2.75) is 13.3 Å². The Morgan fingerprint density at radius 1 is 1.47 bits per heavy atom. The quantitative estimate of drug-likeness (QED) is 0.630. The van der Waals surface area contributed by atoms with Gasteiger partial charge in [0.05, 0.1) is 18.1 Å². The number of halogens is 2. The SMILES string of the molecule is COC(=O)C(C)CC(=O)c1ccc(Br)c(Cl)c1. The number of carbonyl (C=O) groups excluding carboxylic acids is 2. The summed E-state index contributed by atoms with van der Waals surface area (Å²) in [4.78, 5) is 23.0. The third-order valence-corrected chi connectivity index (χ3v) is 3.57. The van der Waals surface area contributed by atoms with Crippen molar-refractivity contribution in [2.24, 2.45) is 5.92 Å². The van der Waals surface area contributed by atoms with Crippen LogP contribution in [0.15, 0.2) is 22.7 Å². The zero-order valence-corrected chi connectivity index (χ0v) is 11.8. The molecule has 1 rings (SSSR count). The Balaban J connectivity index is 2.76. The molecule has 0 saturated carbocycles. The van der Waals surface area contributed by atoms with E-state index >= 15 is 0 Å². The van der Waals surface area contributed by atoms with E-state index in [2.05, 4.69) is 20.7 Å². The summed E-state index contributed by atoms with van der Waals surface area (Å²) in [7, 11) is 1.31. The van der Waals surface area contributed by atoms with Gasteiger partial charge in [-0.15, -0.1) is 0 Å². The normalized spacial score (nSPS) is 12.0. The molecule has 0 aliphatic rings. The van der Waals surface area contributed by atoms with Crippen molar-refractivity contribution >= 4 is 39.3 Å². The van der Waals surface area contributed by atoms with Gasteiger partial charge in [-0.3, -0.25) is 9.59 Å². The minimum atomic E-state index is -0.449. The van der Waals surface area contributed by atoms with Crippen molar-refractivity contribution in [3.8, 4) is 0 Å².